The van der Waals surface area contributed by atoms with Crippen LogP contribution in [0.3, 0.4) is 0 Å². The van der Waals surface area contributed by atoms with Crippen molar-refractivity contribution in [3.63, 3.8) is 0 Å². The molecule has 67 valence electrons. The summed E-state index contributed by atoms with van der Waals surface area (Å²) >= 11 is 5.77. The fourth-order valence-corrected chi connectivity index (χ4v) is 1.18. The molecular weight excluding hydrogens is 262 g/mol. The Morgan fingerprint density at radius 2 is 2.23 bits per heavy atom. The zero-order chi connectivity index (χ0) is 9.30. The number of carbonyl (C=O) groups excluding carboxylic acids is 1. The number of hydrogen-bond acceptors (Lipinski definition) is 2. The van der Waals surface area contributed by atoms with Crippen molar-refractivity contribution in [3.05, 3.63) is 35.2 Å². The number of Topliss-reactive ketones (excluding diaryl/α,β-unsaturated/α-hetero) is 1. The van der Waals surface area contributed by atoms with E-state index in [-0.39, 0.29) is 38.5 Å². The van der Waals surface area contributed by atoms with Gasteiger partial charge in [-0.1, -0.05) is 18.0 Å². The molecule has 0 saturated heterocycles. The molecule has 0 fully saturated rings. The summed E-state index contributed by atoms with van der Waals surface area (Å²) in [7, 11) is 1.76. The fourth-order valence-electron chi connectivity index (χ4n) is 0.948. The molecule has 0 saturated carbocycles. The van der Waals surface area contributed by atoms with Crippen molar-refractivity contribution in [1.82, 2.24) is 4.90 Å². The molecule has 0 N–H and O–H groups in total. The number of ketones is 1. The van der Waals surface area contributed by atoms with E-state index in [1.54, 1.807) is 18.1 Å². The van der Waals surface area contributed by atoms with Gasteiger partial charge in [-0.05, 0) is 19.0 Å². The van der Waals surface area contributed by atoms with E-state index in [1.165, 1.54) is 6.92 Å². The molecule has 0 atom stereocenters. The van der Waals surface area contributed by atoms with Gasteiger partial charge in [0.25, 0.3) is 0 Å². The van der Waals surface area contributed by atoms with Gasteiger partial charge in [0.05, 0.1) is 0 Å². The van der Waals surface area contributed by atoms with E-state index in [1.807, 2.05) is 0 Å². The normalized spacial score (nSPS) is 15.9. The van der Waals surface area contributed by atoms with Crippen molar-refractivity contribution in [2.45, 2.75) is 6.92 Å². The summed E-state index contributed by atoms with van der Waals surface area (Å²) in [6.45, 7) is 5.17. The van der Waals surface area contributed by atoms with Gasteiger partial charge in [0, 0.05) is 32.7 Å². The molecule has 1 rings (SSSR count). The summed E-state index contributed by atoms with van der Waals surface area (Å²) in [6.07, 6.45) is 4.46. The van der Waals surface area contributed by atoms with Crippen LogP contribution in [-0.2, 0) is 37.5 Å². The van der Waals surface area contributed by atoms with Crippen molar-refractivity contribution < 1.29 is 37.5 Å². The van der Waals surface area contributed by atoms with Crippen molar-refractivity contribution in [1.29, 1.82) is 0 Å². The molecule has 0 spiro atoms. The molecule has 0 aromatic rings. The van der Waals surface area contributed by atoms with E-state index in [0.717, 1.165) is 0 Å². The Labute approximate surface area is 108 Å². The molecule has 0 bridgehead atoms. The van der Waals surface area contributed by atoms with Crippen LogP contribution in [0.15, 0.2) is 29.0 Å². The van der Waals surface area contributed by atoms with E-state index in [4.69, 9.17) is 11.6 Å². The van der Waals surface area contributed by atoms with Gasteiger partial charge in [-0.2, -0.15) is 0 Å². The summed E-state index contributed by atoms with van der Waals surface area (Å²) in [5.74, 6) is -0.0356. The number of carbonyl (C=O) groups is 1. The Hall–Kier alpha value is 0.0839. The van der Waals surface area contributed by atoms with Gasteiger partial charge in [0.2, 0.25) is 0 Å². The summed E-state index contributed by atoms with van der Waals surface area (Å²) in [4.78, 5) is 12.7. The number of hydrogen-bond donors (Lipinski definition) is 0. The fraction of sp³-hybridized carbons (Fsp3) is 0.222. The largest absolute Gasteiger partial charge is 0.462 e. The number of allylic oxidation sites excluding steroid dienone is 3. The number of nitrogens with zero attached hydrogens (tertiary/aromatic N) is 1. The summed E-state index contributed by atoms with van der Waals surface area (Å²) in [6, 6.07) is 0. The van der Waals surface area contributed by atoms with Gasteiger partial charge in [0.15, 0.2) is 0 Å². The third-order valence-corrected chi connectivity index (χ3v) is 1.88. The van der Waals surface area contributed by atoms with E-state index in [2.05, 4.69) is 12.8 Å². The van der Waals surface area contributed by atoms with Crippen molar-refractivity contribution in [3.8, 4) is 0 Å². The summed E-state index contributed by atoms with van der Waals surface area (Å²) in [5.41, 5.74) is 1.09. The third-order valence-electron chi connectivity index (χ3n) is 1.57. The minimum absolute atomic E-state index is 0. The van der Waals surface area contributed by atoms with Crippen LogP contribution < -0.4 is 0 Å². The molecule has 1 heterocycles. The van der Waals surface area contributed by atoms with Gasteiger partial charge < -0.3 is 4.90 Å². The van der Waals surface area contributed by atoms with Crippen LogP contribution in [0, 0.1) is 6.20 Å². The second-order valence-electron chi connectivity index (χ2n) is 2.61. The first-order valence-corrected chi connectivity index (χ1v) is 3.84. The van der Waals surface area contributed by atoms with Crippen LogP contribution in [0.25, 0.3) is 0 Å². The van der Waals surface area contributed by atoms with Gasteiger partial charge >= 0.3 is 0 Å². The van der Waals surface area contributed by atoms with Crippen LogP contribution in [-0.4, -0.2) is 17.7 Å². The maximum absolute atomic E-state index is 11.0. The Morgan fingerprint density at radius 3 is 2.69 bits per heavy atom. The SMILES string of the molecule is C=C1C(Cl)=[C-]N(C)C=C1C(C)=O.[Y]. The Kier molecular flexibility index (Phi) is 5.12. The predicted octanol–water partition coefficient (Wildman–Crippen LogP) is 1.84. The Morgan fingerprint density at radius 1 is 1.69 bits per heavy atom. The molecule has 0 aliphatic carbocycles. The zero-order valence-electron chi connectivity index (χ0n) is 7.60. The van der Waals surface area contributed by atoms with Crippen molar-refractivity contribution >= 4 is 17.4 Å². The minimum Gasteiger partial charge on any atom is -0.462 e. The molecule has 0 aromatic carbocycles. The number of rotatable bonds is 1. The van der Waals surface area contributed by atoms with E-state index < -0.39 is 0 Å². The quantitative estimate of drug-likeness (QED) is 0.678. The minimum atomic E-state index is -0.0356. The van der Waals surface area contributed by atoms with Crippen LogP contribution >= 0.6 is 11.6 Å². The van der Waals surface area contributed by atoms with Crippen LogP contribution in [0.2, 0.25) is 0 Å². The van der Waals surface area contributed by atoms with E-state index in [9.17, 15) is 4.79 Å². The van der Waals surface area contributed by atoms with Gasteiger partial charge in [-0.3, -0.25) is 4.79 Å². The first-order chi connectivity index (χ1) is 5.52. The second kappa shape index (κ2) is 5.09. The molecule has 1 aliphatic heterocycles. The molecule has 0 unspecified atom stereocenters. The predicted molar refractivity (Wildman–Crippen MR) is 48.3 cm³/mol. The van der Waals surface area contributed by atoms with Gasteiger partial charge in [-0.25, -0.2) is 0 Å². The van der Waals surface area contributed by atoms with Gasteiger partial charge in [-0.15, -0.1) is 23.8 Å². The van der Waals surface area contributed by atoms with Crippen LogP contribution in [0.5, 0.6) is 0 Å². The number of halogens is 1. The molecule has 1 radical (unpaired) electrons. The molecule has 1 aliphatic rings. The van der Waals surface area contributed by atoms with Crippen LogP contribution in [0.1, 0.15) is 6.92 Å². The van der Waals surface area contributed by atoms with Gasteiger partial charge in [0.1, 0.15) is 5.78 Å². The summed E-state index contributed by atoms with van der Waals surface area (Å²) < 4.78 is 0. The zero-order valence-corrected chi connectivity index (χ0v) is 11.2. The smallest absolute Gasteiger partial charge is 0.137 e. The first kappa shape index (κ1) is 13.1. The second-order valence-corrected chi connectivity index (χ2v) is 2.99. The molecular formula is C9H9ClNOY-. The molecule has 2 nitrogen and oxygen atoms in total. The van der Waals surface area contributed by atoms with Crippen molar-refractivity contribution in [2.24, 2.45) is 0 Å². The first-order valence-electron chi connectivity index (χ1n) is 3.46. The monoisotopic (exact) mass is 271 g/mol. The maximum atomic E-state index is 11.0. The molecule has 0 aromatic heterocycles. The molecule has 4 heteroatoms. The topological polar surface area (TPSA) is 20.3 Å². The van der Waals surface area contributed by atoms with E-state index >= 15 is 0 Å². The maximum Gasteiger partial charge on any atom is 0.137 e. The molecule has 13 heavy (non-hydrogen) atoms. The van der Waals surface area contributed by atoms with Crippen LogP contribution in [0.4, 0.5) is 0 Å². The molecule has 0 amide bonds. The van der Waals surface area contributed by atoms with Crippen molar-refractivity contribution in [2.75, 3.05) is 7.05 Å². The van der Waals surface area contributed by atoms with E-state index in [0.29, 0.717) is 16.2 Å². The summed E-state index contributed by atoms with van der Waals surface area (Å²) in [5, 5.41) is 0.394. The Balaban J connectivity index is 0.00000144. The third kappa shape index (κ3) is 3.05. The standard InChI is InChI=1S/C9H9ClNO.Y/c1-6-8(7(2)12)4-11(3)5-9(6)10;/h4H,1H2,2-3H3;/q-1;. The average Bonchev–Trinajstić information content (AvgIpc) is 1.96. The average molecular weight is 272 g/mol. The Bertz CT molecular complexity index is 307.